The van der Waals surface area contributed by atoms with Gasteiger partial charge in [-0.05, 0) is 41.3 Å². The summed E-state index contributed by atoms with van der Waals surface area (Å²) in [6.45, 7) is 0.100. The molecule has 1 aromatic carbocycles. The first-order chi connectivity index (χ1) is 16.6. The molecule has 0 fully saturated rings. The molecular formula is C24H18N4O4S2. The molecule has 0 spiro atoms. The van der Waals surface area contributed by atoms with Gasteiger partial charge in [0.25, 0.3) is 11.5 Å². The van der Waals surface area contributed by atoms with Crippen molar-refractivity contribution in [1.29, 1.82) is 0 Å². The Labute approximate surface area is 201 Å². The zero-order valence-electron chi connectivity index (χ0n) is 17.7. The summed E-state index contributed by atoms with van der Waals surface area (Å²) in [6.07, 6.45) is 2.84. The quantitative estimate of drug-likeness (QED) is 0.353. The van der Waals surface area contributed by atoms with Crippen molar-refractivity contribution in [2.75, 3.05) is 5.32 Å². The van der Waals surface area contributed by atoms with Gasteiger partial charge in [0, 0.05) is 28.1 Å². The summed E-state index contributed by atoms with van der Waals surface area (Å²) in [5.41, 5.74) is 1.98. The molecule has 5 rings (SSSR count). The molecule has 170 valence electrons. The minimum absolute atomic E-state index is 0.142. The molecule has 5 aromatic rings. The van der Waals surface area contributed by atoms with E-state index in [-0.39, 0.29) is 36.2 Å². The highest BCUT2D eigenvalue weighted by Gasteiger charge is 2.15. The topological polar surface area (TPSA) is 106 Å². The Balaban J connectivity index is 1.25. The van der Waals surface area contributed by atoms with E-state index < -0.39 is 0 Å². The molecule has 8 nitrogen and oxygen atoms in total. The van der Waals surface area contributed by atoms with Gasteiger partial charge in [-0.3, -0.25) is 19.0 Å². The van der Waals surface area contributed by atoms with E-state index >= 15 is 0 Å². The predicted molar refractivity (Wildman–Crippen MR) is 132 cm³/mol. The number of anilines is 1. The number of fused-ring (bicyclic) bond motifs is 1. The number of furan rings is 1. The van der Waals surface area contributed by atoms with Crippen LogP contribution in [0.1, 0.15) is 16.1 Å². The second kappa shape index (κ2) is 9.46. The van der Waals surface area contributed by atoms with Gasteiger partial charge < -0.3 is 15.1 Å². The fourth-order valence-electron chi connectivity index (χ4n) is 3.46. The number of thiophene rings is 2. The molecule has 0 radical (unpaired) electrons. The third-order valence-corrected chi connectivity index (χ3v) is 6.87. The number of aromatic nitrogens is 2. The molecule has 2 N–H and O–H groups in total. The first kappa shape index (κ1) is 21.8. The highest BCUT2D eigenvalue weighted by Crippen LogP contribution is 2.33. The van der Waals surface area contributed by atoms with Gasteiger partial charge in [-0.25, -0.2) is 4.98 Å². The number of hydrogen-bond donors (Lipinski definition) is 2. The summed E-state index contributed by atoms with van der Waals surface area (Å²) >= 11 is 2.97. The average molecular weight is 491 g/mol. The van der Waals surface area contributed by atoms with Crippen LogP contribution in [0.3, 0.4) is 0 Å². The third-order valence-electron chi connectivity index (χ3n) is 5.08. The van der Waals surface area contributed by atoms with Crippen molar-refractivity contribution in [3.63, 3.8) is 0 Å². The minimum atomic E-state index is -0.358. The Morgan fingerprint density at radius 1 is 1.09 bits per heavy atom. The number of nitrogens with zero attached hydrogens (tertiary/aromatic N) is 2. The molecule has 0 saturated heterocycles. The number of carbonyl (C=O) groups is 2. The summed E-state index contributed by atoms with van der Waals surface area (Å²) in [6, 6.07) is 14.2. The second-order valence-corrected chi connectivity index (χ2v) is 9.20. The Bertz CT molecular complexity index is 1520. The van der Waals surface area contributed by atoms with Crippen molar-refractivity contribution in [2.24, 2.45) is 0 Å². The molecule has 0 unspecified atom stereocenters. The van der Waals surface area contributed by atoms with Crippen LogP contribution >= 0.6 is 22.7 Å². The van der Waals surface area contributed by atoms with Gasteiger partial charge in [0.05, 0.1) is 18.0 Å². The monoisotopic (exact) mass is 490 g/mol. The number of carbonyl (C=O) groups excluding carboxylic acids is 2. The standard InChI is InChI=1S/C24H18N4O4S2/c29-20(25-11-15-4-1-5-16(10-15)27-22(30)18-6-2-8-32-18)12-28-14-26-23-21(24(28)31)17(13-34-23)19-7-3-9-33-19/h1-10,13-14H,11-12H2,(H,25,29)(H,27,30). The summed E-state index contributed by atoms with van der Waals surface area (Å²) in [7, 11) is 0. The lowest BCUT2D eigenvalue weighted by Crippen LogP contribution is -2.32. The van der Waals surface area contributed by atoms with Crippen LogP contribution < -0.4 is 16.2 Å². The molecule has 0 saturated carbocycles. The Kier molecular flexibility index (Phi) is 6.07. The third kappa shape index (κ3) is 4.54. The summed E-state index contributed by atoms with van der Waals surface area (Å²) in [5, 5.41) is 9.98. The van der Waals surface area contributed by atoms with E-state index in [9.17, 15) is 14.4 Å². The number of nitrogens with one attached hydrogen (secondary N) is 2. The zero-order valence-corrected chi connectivity index (χ0v) is 19.3. The van der Waals surface area contributed by atoms with Crippen LogP contribution in [0.15, 0.2) is 81.1 Å². The lowest BCUT2D eigenvalue weighted by molar-refractivity contribution is -0.121. The van der Waals surface area contributed by atoms with E-state index in [4.69, 9.17) is 4.42 Å². The van der Waals surface area contributed by atoms with Gasteiger partial charge in [0.2, 0.25) is 5.91 Å². The first-order valence-corrected chi connectivity index (χ1v) is 12.1. The van der Waals surface area contributed by atoms with E-state index in [1.807, 2.05) is 29.0 Å². The van der Waals surface area contributed by atoms with E-state index in [1.165, 1.54) is 28.5 Å². The number of rotatable bonds is 7. The number of amides is 2. The number of benzene rings is 1. The molecule has 10 heteroatoms. The van der Waals surface area contributed by atoms with Crippen LogP contribution in [0.5, 0.6) is 0 Å². The van der Waals surface area contributed by atoms with E-state index in [0.29, 0.717) is 15.9 Å². The van der Waals surface area contributed by atoms with Crippen molar-refractivity contribution in [1.82, 2.24) is 14.9 Å². The number of hydrogen-bond acceptors (Lipinski definition) is 7. The highest BCUT2D eigenvalue weighted by molar-refractivity contribution is 7.18. The van der Waals surface area contributed by atoms with Crippen molar-refractivity contribution >= 4 is 50.4 Å². The van der Waals surface area contributed by atoms with Gasteiger partial charge >= 0.3 is 0 Å². The van der Waals surface area contributed by atoms with Crippen LogP contribution in [0.25, 0.3) is 20.7 Å². The Hall–Kier alpha value is -4.02. The molecule has 0 aliphatic carbocycles. The van der Waals surface area contributed by atoms with Crippen LogP contribution in [0.4, 0.5) is 5.69 Å². The van der Waals surface area contributed by atoms with Gasteiger partial charge in [0.1, 0.15) is 11.4 Å². The lowest BCUT2D eigenvalue weighted by atomic mass is 10.2. The van der Waals surface area contributed by atoms with Crippen molar-refractivity contribution in [3.8, 4) is 10.4 Å². The predicted octanol–water partition coefficient (Wildman–Crippen LogP) is 4.35. The molecule has 0 bridgehead atoms. The zero-order chi connectivity index (χ0) is 23.5. The van der Waals surface area contributed by atoms with Gasteiger partial charge in [-0.2, -0.15) is 0 Å². The maximum atomic E-state index is 13.1. The van der Waals surface area contributed by atoms with E-state index in [2.05, 4.69) is 15.6 Å². The largest absolute Gasteiger partial charge is 0.459 e. The van der Waals surface area contributed by atoms with Crippen molar-refractivity contribution < 1.29 is 14.0 Å². The summed E-state index contributed by atoms with van der Waals surface area (Å²) in [4.78, 5) is 43.8. The second-order valence-electron chi connectivity index (χ2n) is 7.39. The average Bonchev–Trinajstić information content (AvgIpc) is 3.61. The maximum Gasteiger partial charge on any atom is 0.291 e. The molecule has 2 amide bonds. The van der Waals surface area contributed by atoms with E-state index in [0.717, 1.165) is 16.0 Å². The molecule has 4 heterocycles. The highest BCUT2D eigenvalue weighted by atomic mass is 32.1. The fraction of sp³-hybridized carbons (Fsp3) is 0.0833. The Morgan fingerprint density at radius 3 is 2.79 bits per heavy atom. The molecule has 4 aromatic heterocycles. The maximum absolute atomic E-state index is 13.1. The SMILES string of the molecule is O=C(Cn1cnc2scc(-c3cccs3)c2c1=O)NCc1cccc(NC(=O)c2ccco2)c1. The van der Waals surface area contributed by atoms with Crippen LogP contribution in [0, 0.1) is 0 Å². The minimum Gasteiger partial charge on any atom is -0.459 e. The first-order valence-electron chi connectivity index (χ1n) is 10.3. The van der Waals surface area contributed by atoms with Crippen LogP contribution in [-0.2, 0) is 17.9 Å². The fourth-order valence-corrected chi connectivity index (χ4v) is 5.18. The molecule has 0 atom stereocenters. The van der Waals surface area contributed by atoms with E-state index in [1.54, 1.807) is 41.7 Å². The van der Waals surface area contributed by atoms with Gasteiger partial charge in [0.15, 0.2) is 5.76 Å². The normalized spacial score (nSPS) is 10.9. The molecule has 0 aliphatic heterocycles. The van der Waals surface area contributed by atoms with Crippen molar-refractivity contribution in [2.45, 2.75) is 13.1 Å². The van der Waals surface area contributed by atoms with Gasteiger partial charge in [-0.15, -0.1) is 22.7 Å². The van der Waals surface area contributed by atoms with Crippen molar-refractivity contribution in [3.05, 3.63) is 93.6 Å². The molecular weight excluding hydrogens is 472 g/mol. The van der Waals surface area contributed by atoms with Gasteiger partial charge in [-0.1, -0.05) is 18.2 Å². The van der Waals surface area contributed by atoms with Crippen LogP contribution in [0.2, 0.25) is 0 Å². The smallest absolute Gasteiger partial charge is 0.291 e. The summed E-state index contributed by atoms with van der Waals surface area (Å²) < 4.78 is 6.41. The van der Waals surface area contributed by atoms with Crippen LogP contribution in [-0.4, -0.2) is 21.4 Å². The lowest BCUT2D eigenvalue weighted by Gasteiger charge is -2.09. The summed E-state index contributed by atoms with van der Waals surface area (Å²) in [5.74, 6) is -0.465. The molecule has 0 aliphatic rings. The Morgan fingerprint density at radius 2 is 2.00 bits per heavy atom. The molecule has 34 heavy (non-hydrogen) atoms.